The van der Waals surface area contributed by atoms with Gasteiger partial charge in [-0.15, -0.1) is 0 Å². The Hall–Kier alpha value is -2.40. The first-order chi connectivity index (χ1) is 12.1. The smallest absolute Gasteiger partial charge is 0.163 e. The molecule has 132 valence electrons. The largest absolute Gasteiger partial charge is 0.486 e. The Kier molecular flexibility index (Phi) is 5.34. The van der Waals surface area contributed by atoms with E-state index in [4.69, 9.17) is 21.1 Å². The predicted octanol–water partition coefficient (Wildman–Crippen LogP) is 4.77. The molecule has 0 spiro atoms. The first-order valence-electron chi connectivity index (χ1n) is 8.28. The molecule has 1 aliphatic heterocycles. The first kappa shape index (κ1) is 17.4. The van der Waals surface area contributed by atoms with E-state index in [9.17, 15) is 0 Å². The van der Waals surface area contributed by atoms with E-state index in [1.807, 2.05) is 55.5 Å². The second-order valence-corrected chi connectivity index (χ2v) is 6.33. The van der Waals surface area contributed by atoms with Crippen molar-refractivity contribution in [1.29, 1.82) is 0 Å². The van der Waals surface area contributed by atoms with E-state index in [1.165, 1.54) is 0 Å². The number of nitrogens with zero attached hydrogens (tertiary/aromatic N) is 2. The van der Waals surface area contributed by atoms with Gasteiger partial charge in [0, 0.05) is 25.3 Å². The zero-order valence-corrected chi connectivity index (χ0v) is 15.4. The molecular weight excluding hydrogens is 338 g/mol. The molecule has 0 fully saturated rings. The molecule has 2 aromatic rings. The normalized spacial score (nSPS) is 13.1. The summed E-state index contributed by atoms with van der Waals surface area (Å²) in [4.78, 5) is 6.50. The van der Waals surface area contributed by atoms with Gasteiger partial charge in [-0.05, 0) is 43.7 Å². The molecule has 0 saturated heterocycles. The van der Waals surface area contributed by atoms with Crippen LogP contribution in [0, 0.1) is 6.92 Å². The Morgan fingerprint density at radius 2 is 1.96 bits per heavy atom. The number of aliphatic imine (C=N–C) groups is 1. The summed E-state index contributed by atoms with van der Waals surface area (Å²) in [7, 11) is 1.98. The van der Waals surface area contributed by atoms with Crippen LogP contribution >= 0.6 is 11.6 Å². The van der Waals surface area contributed by atoms with Crippen LogP contribution in [0.5, 0.6) is 11.5 Å². The van der Waals surface area contributed by atoms with Gasteiger partial charge in [-0.3, -0.25) is 0 Å². The topological polar surface area (TPSA) is 46.1 Å². The molecule has 6 heteroatoms. The van der Waals surface area contributed by atoms with Crippen LogP contribution in [0.25, 0.3) is 0 Å². The number of hydrogen-bond donors (Lipinski definition) is 1. The van der Waals surface area contributed by atoms with Crippen molar-refractivity contribution in [3.63, 3.8) is 0 Å². The highest BCUT2D eigenvalue weighted by atomic mass is 35.5. The Morgan fingerprint density at radius 1 is 1.20 bits per heavy atom. The maximum absolute atomic E-state index is 6.44. The number of halogens is 1. The van der Waals surface area contributed by atoms with Crippen LogP contribution < -0.4 is 14.8 Å². The molecule has 25 heavy (non-hydrogen) atoms. The summed E-state index contributed by atoms with van der Waals surface area (Å²) in [5, 5.41) is 3.95. The van der Waals surface area contributed by atoms with E-state index in [2.05, 4.69) is 17.2 Å². The second kappa shape index (κ2) is 7.66. The van der Waals surface area contributed by atoms with Crippen molar-refractivity contribution < 1.29 is 9.47 Å². The fraction of sp³-hybridized carbons (Fsp3) is 0.316. The van der Waals surface area contributed by atoms with Gasteiger partial charge in [0.2, 0.25) is 0 Å². The van der Waals surface area contributed by atoms with Crippen LogP contribution in [0.15, 0.2) is 35.3 Å². The number of ether oxygens (including phenoxy) is 2. The lowest BCUT2D eigenvalue weighted by molar-refractivity contribution is 0.171. The van der Waals surface area contributed by atoms with Gasteiger partial charge in [-0.1, -0.05) is 11.6 Å². The first-order valence-corrected chi connectivity index (χ1v) is 8.66. The minimum absolute atomic E-state index is 0.565. The average molecular weight is 360 g/mol. The third kappa shape index (κ3) is 4.17. The van der Waals surface area contributed by atoms with Gasteiger partial charge in [0.1, 0.15) is 13.2 Å². The van der Waals surface area contributed by atoms with Crippen LogP contribution in [0.2, 0.25) is 5.02 Å². The van der Waals surface area contributed by atoms with Crippen molar-refractivity contribution in [2.24, 2.45) is 4.99 Å². The predicted molar refractivity (Wildman–Crippen MR) is 103 cm³/mol. The van der Waals surface area contributed by atoms with Crippen molar-refractivity contribution >= 4 is 35.0 Å². The highest BCUT2D eigenvalue weighted by Crippen LogP contribution is 2.36. The van der Waals surface area contributed by atoms with E-state index in [0.717, 1.165) is 40.7 Å². The lowest BCUT2D eigenvalue weighted by Crippen LogP contribution is -2.15. The molecule has 0 aromatic heterocycles. The van der Waals surface area contributed by atoms with E-state index in [1.54, 1.807) is 0 Å². The highest BCUT2D eigenvalue weighted by molar-refractivity contribution is 6.33. The minimum Gasteiger partial charge on any atom is -0.486 e. The Labute approximate surface area is 153 Å². The number of fused-ring (bicyclic) bond motifs is 1. The van der Waals surface area contributed by atoms with Crippen molar-refractivity contribution in [3.8, 4) is 11.5 Å². The maximum Gasteiger partial charge on any atom is 0.163 e. The van der Waals surface area contributed by atoms with Crippen LogP contribution in [0.4, 0.5) is 17.1 Å². The second-order valence-electron chi connectivity index (χ2n) is 5.92. The Bertz CT molecular complexity index is 792. The molecule has 0 amide bonds. The standard InChI is InChI=1S/C19H22ClN3O2/c1-4-23(3)12-21-16-11-15(20)17(9-13(16)2)22-14-5-6-18-19(10-14)25-8-7-24-18/h5-6,9-12,22H,4,7-8H2,1-3H3. The molecule has 1 heterocycles. The Morgan fingerprint density at radius 3 is 2.72 bits per heavy atom. The van der Waals surface area contributed by atoms with Crippen molar-refractivity contribution in [1.82, 2.24) is 4.90 Å². The van der Waals surface area contributed by atoms with Crippen LogP contribution in [0.1, 0.15) is 12.5 Å². The molecule has 1 aliphatic rings. The monoisotopic (exact) mass is 359 g/mol. The summed E-state index contributed by atoms with van der Waals surface area (Å²) in [6.45, 7) is 6.14. The molecule has 0 saturated carbocycles. The number of anilines is 2. The van der Waals surface area contributed by atoms with Crippen LogP contribution in [0.3, 0.4) is 0 Å². The summed E-state index contributed by atoms with van der Waals surface area (Å²) in [6.07, 6.45) is 1.81. The van der Waals surface area contributed by atoms with E-state index in [-0.39, 0.29) is 0 Å². The molecule has 2 aromatic carbocycles. The zero-order valence-electron chi connectivity index (χ0n) is 14.7. The van der Waals surface area contributed by atoms with E-state index >= 15 is 0 Å². The quantitative estimate of drug-likeness (QED) is 0.616. The minimum atomic E-state index is 0.565. The van der Waals surface area contributed by atoms with E-state index in [0.29, 0.717) is 18.2 Å². The van der Waals surface area contributed by atoms with E-state index < -0.39 is 0 Å². The maximum atomic E-state index is 6.44. The highest BCUT2D eigenvalue weighted by Gasteiger charge is 2.13. The number of nitrogens with one attached hydrogen (secondary N) is 1. The summed E-state index contributed by atoms with van der Waals surface area (Å²) in [6, 6.07) is 9.63. The van der Waals surface area contributed by atoms with Gasteiger partial charge in [-0.2, -0.15) is 0 Å². The number of benzene rings is 2. The lowest BCUT2D eigenvalue weighted by atomic mass is 10.1. The third-order valence-corrected chi connectivity index (χ3v) is 4.31. The fourth-order valence-corrected chi connectivity index (χ4v) is 2.63. The van der Waals surface area contributed by atoms with Gasteiger partial charge >= 0.3 is 0 Å². The Balaban J connectivity index is 1.81. The number of rotatable bonds is 5. The molecule has 0 bridgehead atoms. The van der Waals surface area contributed by atoms with Crippen LogP contribution in [-0.4, -0.2) is 38.0 Å². The fourth-order valence-electron chi connectivity index (χ4n) is 2.42. The molecule has 5 nitrogen and oxygen atoms in total. The summed E-state index contributed by atoms with van der Waals surface area (Å²) in [5.41, 5.74) is 3.63. The van der Waals surface area contributed by atoms with Gasteiger partial charge < -0.3 is 19.7 Å². The van der Waals surface area contributed by atoms with Crippen molar-refractivity contribution in [2.45, 2.75) is 13.8 Å². The lowest BCUT2D eigenvalue weighted by Gasteiger charge is -2.19. The summed E-state index contributed by atoms with van der Waals surface area (Å²) >= 11 is 6.44. The zero-order chi connectivity index (χ0) is 17.8. The molecule has 0 radical (unpaired) electrons. The molecule has 0 unspecified atom stereocenters. The van der Waals surface area contributed by atoms with Gasteiger partial charge in [-0.25, -0.2) is 4.99 Å². The average Bonchev–Trinajstić information content (AvgIpc) is 2.63. The van der Waals surface area contributed by atoms with Gasteiger partial charge in [0.25, 0.3) is 0 Å². The molecule has 0 aliphatic carbocycles. The van der Waals surface area contributed by atoms with Gasteiger partial charge in [0.15, 0.2) is 11.5 Å². The van der Waals surface area contributed by atoms with Crippen molar-refractivity contribution in [3.05, 3.63) is 40.9 Å². The molecule has 1 N–H and O–H groups in total. The summed E-state index contributed by atoms with van der Waals surface area (Å²) < 4.78 is 11.2. The van der Waals surface area contributed by atoms with Crippen LogP contribution in [-0.2, 0) is 0 Å². The SMILES string of the molecule is CCN(C)C=Nc1cc(Cl)c(Nc2ccc3c(c2)OCCO3)cc1C. The number of hydrogen-bond acceptors (Lipinski definition) is 4. The summed E-state index contributed by atoms with van der Waals surface area (Å²) in [5.74, 6) is 1.51. The van der Waals surface area contributed by atoms with Gasteiger partial charge in [0.05, 0.1) is 22.7 Å². The third-order valence-electron chi connectivity index (χ3n) is 4.00. The molecule has 0 atom stereocenters. The van der Waals surface area contributed by atoms with Crippen molar-refractivity contribution in [2.75, 3.05) is 32.1 Å². The molecule has 3 rings (SSSR count). The molecular formula is C19H22ClN3O2. The number of aryl methyl sites for hydroxylation is 1.